The first kappa shape index (κ1) is 19.1. The number of allylic oxidation sites excluding steroid dienone is 2. The van der Waals surface area contributed by atoms with Gasteiger partial charge in [-0.25, -0.2) is 0 Å². The Morgan fingerprint density at radius 1 is 1.10 bits per heavy atom. The highest BCUT2D eigenvalue weighted by molar-refractivity contribution is 6.68. The molecule has 0 aromatic carbocycles. The van der Waals surface area contributed by atoms with Crippen LogP contribution in [0.2, 0.25) is 0 Å². The van der Waals surface area contributed by atoms with Gasteiger partial charge in [0.1, 0.15) is 12.2 Å². The summed E-state index contributed by atoms with van der Waals surface area (Å²) >= 11 is 33.8. The van der Waals surface area contributed by atoms with Crippen LogP contribution in [-0.2, 0) is 0 Å². The van der Waals surface area contributed by atoms with Crippen molar-refractivity contribution in [2.75, 3.05) is 0 Å². The largest absolute Gasteiger partial charge is 0.388 e. The van der Waals surface area contributed by atoms with Crippen LogP contribution in [0.25, 0.3) is 0 Å². The zero-order chi connectivity index (χ0) is 15.9. The van der Waals surface area contributed by atoms with Crippen molar-refractivity contribution in [3.8, 4) is 0 Å². The summed E-state index contributed by atoms with van der Waals surface area (Å²) in [6.07, 6.45) is -0.208. The zero-order valence-electron chi connectivity index (χ0n) is 10.1. The molecular weight excluding hydrogens is 393 g/mol. The lowest BCUT2D eigenvalue weighted by Gasteiger charge is -2.43. The SMILES string of the molecule is CC1(C(O)C(Cl)(Cl)Cl)C=CC=C(C(O)C(Cl)(Cl)Cl)C1O. The van der Waals surface area contributed by atoms with E-state index in [0.29, 0.717) is 0 Å². The number of hydrogen-bond acceptors (Lipinski definition) is 3. The van der Waals surface area contributed by atoms with E-state index in [4.69, 9.17) is 69.6 Å². The van der Waals surface area contributed by atoms with Crippen LogP contribution in [0.4, 0.5) is 0 Å². The molecule has 0 fully saturated rings. The minimum Gasteiger partial charge on any atom is -0.388 e. The van der Waals surface area contributed by atoms with Gasteiger partial charge in [-0.15, -0.1) is 0 Å². The Bertz CT molecular complexity index is 425. The molecule has 20 heavy (non-hydrogen) atoms. The molecule has 4 unspecified atom stereocenters. The molecule has 116 valence electrons. The van der Waals surface area contributed by atoms with Crippen molar-refractivity contribution < 1.29 is 15.3 Å². The van der Waals surface area contributed by atoms with Crippen molar-refractivity contribution >= 4 is 69.6 Å². The van der Waals surface area contributed by atoms with Crippen molar-refractivity contribution in [1.29, 1.82) is 0 Å². The molecule has 0 saturated heterocycles. The maximum Gasteiger partial charge on any atom is 0.219 e. The van der Waals surface area contributed by atoms with E-state index in [1.165, 1.54) is 25.2 Å². The zero-order valence-corrected chi connectivity index (χ0v) is 14.6. The molecule has 0 aromatic heterocycles. The van der Waals surface area contributed by atoms with Gasteiger partial charge in [-0.2, -0.15) is 0 Å². The second-order valence-electron chi connectivity index (χ2n) is 4.68. The summed E-state index contributed by atoms with van der Waals surface area (Å²) < 4.78 is -4.07. The molecule has 0 heterocycles. The molecular formula is C11H12Cl6O3. The summed E-state index contributed by atoms with van der Waals surface area (Å²) in [4.78, 5) is 0. The van der Waals surface area contributed by atoms with E-state index in [0.717, 1.165) is 0 Å². The molecule has 9 heteroatoms. The molecule has 3 N–H and O–H groups in total. The quantitative estimate of drug-likeness (QED) is 0.619. The van der Waals surface area contributed by atoms with Crippen LogP contribution in [-0.4, -0.2) is 41.2 Å². The molecule has 0 bridgehead atoms. The van der Waals surface area contributed by atoms with E-state index >= 15 is 0 Å². The summed E-state index contributed by atoms with van der Waals surface area (Å²) in [5.74, 6) is 0. The summed E-state index contributed by atoms with van der Waals surface area (Å²) in [5.41, 5.74) is -1.37. The third-order valence-corrected chi connectivity index (χ3v) is 4.41. The molecule has 4 atom stereocenters. The topological polar surface area (TPSA) is 60.7 Å². The van der Waals surface area contributed by atoms with Crippen LogP contribution in [0.15, 0.2) is 23.8 Å². The first-order chi connectivity index (χ1) is 8.82. The molecule has 0 saturated carbocycles. The maximum atomic E-state index is 10.4. The normalized spacial score (nSPS) is 30.9. The monoisotopic (exact) mass is 402 g/mol. The first-order valence-electron chi connectivity index (χ1n) is 5.38. The van der Waals surface area contributed by atoms with E-state index in [-0.39, 0.29) is 5.57 Å². The van der Waals surface area contributed by atoms with Crippen molar-refractivity contribution in [3.05, 3.63) is 23.8 Å². The van der Waals surface area contributed by atoms with Crippen LogP contribution in [0.5, 0.6) is 0 Å². The highest BCUT2D eigenvalue weighted by Gasteiger charge is 2.52. The minimum atomic E-state index is -2.04. The minimum absolute atomic E-state index is 0.00306. The van der Waals surface area contributed by atoms with E-state index < -0.39 is 31.3 Å². The van der Waals surface area contributed by atoms with E-state index in [9.17, 15) is 15.3 Å². The van der Waals surface area contributed by atoms with E-state index in [2.05, 4.69) is 0 Å². The standard InChI is InChI=1S/C11H12Cl6O3/c1-9(8(20)11(15,16)17)4-2-3-5(6(9)18)7(19)10(12,13)14/h2-4,6-8,18-20H,1H3. The predicted molar refractivity (Wildman–Crippen MR) is 83.9 cm³/mol. The number of aliphatic hydroxyl groups is 3. The highest BCUT2D eigenvalue weighted by atomic mass is 35.6. The van der Waals surface area contributed by atoms with Crippen LogP contribution < -0.4 is 0 Å². The number of hydrogen-bond donors (Lipinski definition) is 3. The van der Waals surface area contributed by atoms with Crippen molar-refractivity contribution in [1.82, 2.24) is 0 Å². The van der Waals surface area contributed by atoms with Crippen molar-refractivity contribution in [2.24, 2.45) is 5.41 Å². The molecule has 3 nitrogen and oxygen atoms in total. The smallest absolute Gasteiger partial charge is 0.219 e. The van der Waals surface area contributed by atoms with E-state index in [1.54, 1.807) is 0 Å². The third kappa shape index (κ3) is 3.89. The Labute approximate surface area is 146 Å². The Morgan fingerprint density at radius 3 is 2.00 bits per heavy atom. The molecule has 0 aromatic rings. The van der Waals surface area contributed by atoms with Gasteiger partial charge in [0.15, 0.2) is 0 Å². The Morgan fingerprint density at radius 2 is 1.60 bits per heavy atom. The predicted octanol–water partition coefficient (Wildman–Crippen LogP) is 3.31. The molecule has 0 aliphatic heterocycles. The lowest BCUT2D eigenvalue weighted by atomic mass is 9.72. The summed E-state index contributed by atoms with van der Waals surface area (Å²) in [5, 5.41) is 30.5. The molecule has 1 aliphatic rings. The summed E-state index contributed by atoms with van der Waals surface area (Å²) in [6.45, 7) is 1.46. The van der Waals surface area contributed by atoms with Crippen molar-refractivity contribution in [3.63, 3.8) is 0 Å². The number of alkyl halides is 6. The third-order valence-electron chi connectivity index (χ3n) is 3.17. The second-order valence-corrected chi connectivity index (χ2v) is 9.42. The van der Waals surface area contributed by atoms with Gasteiger partial charge in [-0.1, -0.05) is 94.8 Å². The first-order valence-corrected chi connectivity index (χ1v) is 7.65. The van der Waals surface area contributed by atoms with Gasteiger partial charge in [0.05, 0.1) is 6.10 Å². The molecule has 0 spiro atoms. The van der Waals surface area contributed by atoms with E-state index in [1.807, 2.05) is 0 Å². The van der Waals surface area contributed by atoms with Gasteiger partial charge in [-0.3, -0.25) is 0 Å². The average Bonchev–Trinajstić information content (AvgIpc) is 2.28. The highest BCUT2D eigenvalue weighted by Crippen LogP contribution is 2.47. The van der Waals surface area contributed by atoms with Gasteiger partial charge >= 0.3 is 0 Å². The number of halogens is 6. The van der Waals surface area contributed by atoms with Gasteiger partial charge in [0, 0.05) is 5.41 Å². The van der Waals surface area contributed by atoms with Gasteiger partial charge in [0.25, 0.3) is 0 Å². The summed E-state index contributed by atoms with van der Waals surface area (Å²) in [6, 6.07) is 0. The van der Waals surface area contributed by atoms with Crippen LogP contribution in [0.1, 0.15) is 6.92 Å². The lowest BCUT2D eigenvalue weighted by molar-refractivity contribution is -0.0189. The fourth-order valence-corrected chi connectivity index (χ4v) is 3.01. The van der Waals surface area contributed by atoms with Crippen LogP contribution in [0, 0.1) is 5.41 Å². The Kier molecular flexibility index (Phi) is 6.04. The van der Waals surface area contributed by atoms with Crippen LogP contribution in [0.3, 0.4) is 0 Å². The molecule has 1 aliphatic carbocycles. The lowest BCUT2D eigenvalue weighted by Crippen LogP contribution is -2.51. The average molecular weight is 405 g/mol. The molecule has 0 radical (unpaired) electrons. The van der Waals surface area contributed by atoms with Gasteiger partial charge in [-0.05, 0) is 5.57 Å². The molecule has 0 amide bonds. The number of aliphatic hydroxyl groups excluding tert-OH is 3. The van der Waals surface area contributed by atoms with Crippen molar-refractivity contribution in [2.45, 2.75) is 32.8 Å². The maximum absolute atomic E-state index is 10.4. The second kappa shape index (κ2) is 6.31. The molecule has 1 rings (SSSR count). The van der Waals surface area contributed by atoms with Crippen LogP contribution >= 0.6 is 69.6 Å². The number of rotatable bonds is 2. The van der Waals surface area contributed by atoms with Gasteiger partial charge < -0.3 is 15.3 Å². The fourth-order valence-electron chi connectivity index (χ4n) is 1.93. The Hall–Kier alpha value is 1.10. The van der Waals surface area contributed by atoms with Gasteiger partial charge in [0.2, 0.25) is 7.59 Å². The summed E-state index contributed by atoms with van der Waals surface area (Å²) in [7, 11) is 0. The Balaban J connectivity index is 3.14. The fraction of sp³-hybridized carbons (Fsp3) is 0.636.